The van der Waals surface area contributed by atoms with Gasteiger partial charge < -0.3 is 9.47 Å². The summed E-state index contributed by atoms with van der Waals surface area (Å²) in [6, 6.07) is 0. The van der Waals surface area contributed by atoms with Crippen LogP contribution < -0.4 is 0 Å². The Hall–Kier alpha value is -0.410. The van der Waals surface area contributed by atoms with Crippen LogP contribution in [0.15, 0.2) is 0 Å². The molecule has 0 radical (unpaired) electrons. The van der Waals surface area contributed by atoms with Crippen LogP contribution in [0.1, 0.15) is 54.4 Å². The first kappa shape index (κ1) is 16.6. The molecule has 0 saturated heterocycles. The molecule has 3 heteroatoms. The van der Waals surface area contributed by atoms with Gasteiger partial charge in [0.05, 0.1) is 5.60 Å². The maximum Gasteiger partial charge on any atom is 0.162 e. The summed E-state index contributed by atoms with van der Waals surface area (Å²) in [5.74, 6) is 0.171. The van der Waals surface area contributed by atoms with E-state index in [-0.39, 0.29) is 22.9 Å². The van der Waals surface area contributed by atoms with Crippen molar-refractivity contribution in [1.29, 1.82) is 0 Å². The van der Waals surface area contributed by atoms with Crippen molar-refractivity contribution in [2.75, 3.05) is 13.7 Å². The monoisotopic (exact) mass is 244 g/mol. The fraction of sp³-hybridized carbons (Fsp3) is 0.929. The highest BCUT2D eigenvalue weighted by Crippen LogP contribution is 2.26. The zero-order valence-corrected chi connectivity index (χ0v) is 12.4. The third-order valence-electron chi connectivity index (χ3n) is 2.94. The van der Waals surface area contributed by atoms with E-state index in [1.165, 1.54) is 0 Å². The predicted octanol–water partition coefficient (Wildman–Crippen LogP) is 3.21. The smallest absolute Gasteiger partial charge is 0.162 e. The van der Waals surface area contributed by atoms with Gasteiger partial charge in [-0.2, -0.15) is 0 Å². The number of ether oxygens (including phenoxy) is 2. The number of carbonyl (C=O) groups excluding carboxylic acids is 1. The molecule has 0 aromatic rings. The minimum absolute atomic E-state index is 0.149. The quantitative estimate of drug-likeness (QED) is 0.690. The summed E-state index contributed by atoms with van der Waals surface area (Å²) < 4.78 is 10.9. The van der Waals surface area contributed by atoms with E-state index in [2.05, 4.69) is 0 Å². The summed E-state index contributed by atoms with van der Waals surface area (Å²) in [6.07, 6.45) is 0.908. The zero-order valence-electron chi connectivity index (χ0n) is 12.4. The van der Waals surface area contributed by atoms with Crippen LogP contribution in [0.2, 0.25) is 0 Å². The summed E-state index contributed by atoms with van der Waals surface area (Å²) in [6.45, 7) is 12.6. The lowest BCUT2D eigenvalue weighted by molar-refractivity contribution is -0.138. The number of carbonyl (C=O) groups is 1. The molecule has 0 aliphatic heterocycles. The lowest BCUT2D eigenvalue weighted by atomic mass is 9.84. The molecule has 0 aliphatic carbocycles. The van der Waals surface area contributed by atoms with Gasteiger partial charge in [-0.15, -0.1) is 0 Å². The third-order valence-corrected chi connectivity index (χ3v) is 2.94. The molecule has 0 rings (SSSR count). The molecule has 17 heavy (non-hydrogen) atoms. The molecule has 0 aromatic carbocycles. The van der Waals surface area contributed by atoms with Crippen molar-refractivity contribution < 1.29 is 14.3 Å². The van der Waals surface area contributed by atoms with Gasteiger partial charge in [0.2, 0.25) is 0 Å². The molecule has 0 saturated carbocycles. The van der Waals surface area contributed by atoms with Gasteiger partial charge in [0.1, 0.15) is 6.10 Å². The first-order chi connectivity index (χ1) is 7.64. The zero-order chi connectivity index (χ0) is 13.7. The molecular weight excluding hydrogens is 216 g/mol. The van der Waals surface area contributed by atoms with E-state index in [0.29, 0.717) is 13.0 Å². The molecule has 0 aliphatic rings. The molecule has 0 aromatic heterocycles. The minimum atomic E-state index is -0.319. The van der Waals surface area contributed by atoms with Crippen molar-refractivity contribution in [3.05, 3.63) is 0 Å². The molecule has 0 heterocycles. The summed E-state index contributed by atoms with van der Waals surface area (Å²) >= 11 is 0. The van der Waals surface area contributed by atoms with Gasteiger partial charge in [-0.3, -0.25) is 4.79 Å². The predicted molar refractivity (Wildman–Crippen MR) is 70.2 cm³/mol. The normalized spacial score (nSPS) is 14.8. The largest absolute Gasteiger partial charge is 0.379 e. The maximum atomic E-state index is 12.2. The Bertz CT molecular complexity index is 238. The van der Waals surface area contributed by atoms with Crippen LogP contribution in [0.5, 0.6) is 0 Å². The van der Waals surface area contributed by atoms with Gasteiger partial charge in [-0.1, -0.05) is 20.8 Å². The Morgan fingerprint density at radius 3 is 2.06 bits per heavy atom. The van der Waals surface area contributed by atoms with Crippen LogP contribution in [0, 0.1) is 5.41 Å². The number of hydrogen-bond donors (Lipinski definition) is 0. The van der Waals surface area contributed by atoms with Gasteiger partial charge in [0, 0.05) is 20.1 Å². The molecule has 102 valence electrons. The Labute approximate surface area is 106 Å². The molecular formula is C14H28O3. The Balaban J connectivity index is 4.45. The summed E-state index contributed by atoms with van der Waals surface area (Å²) in [5, 5.41) is 0. The number of rotatable bonds is 7. The second kappa shape index (κ2) is 6.50. The number of methoxy groups -OCH3 is 1. The molecule has 1 atom stereocenters. The fourth-order valence-corrected chi connectivity index (χ4v) is 1.65. The van der Waals surface area contributed by atoms with Crippen molar-refractivity contribution in [2.24, 2.45) is 5.41 Å². The molecule has 0 bridgehead atoms. The third kappa shape index (κ3) is 6.18. The highest BCUT2D eigenvalue weighted by Gasteiger charge is 2.32. The van der Waals surface area contributed by atoms with Crippen molar-refractivity contribution >= 4 is 5.78 Å². The first-order valence-corrected chi connectivity index (χ1v) is 6.33. The van der Waals surface area contributed by atoms with Crippen LogP contribution in [0.3, 0.4) is 0 Å². The van der Waals surface area contributed by atoms with Crippen molar-refractivity contribution in [3.63, 3.8) is 0 Å². The second-order valence-electron chi connectivity index (χ2n) is 6.13. The van der Waals surface area contributed by atoms with Crippen LogP contribution >= 0.6 is 0 Å². The van der Waals surface area contributed by atoms with Gasteiger partial charge in [-0.05, 0) is 32.6 Å². The summed E-state index contributed by atoms with van der Waals surface area (Å²) in [7, 11) is 1.67. The molecule has 0 N–H and O–H groups in total. The van der Waals surface area contributed by atoms with Crippen LogP contribution in [0.4, 0.5) is 0 Å². The standard InChI is InChI=1S/C14H28O3/c1-8-17-12(13(2,3)4)11(15)9-10-14(5,6)16-7/h12H,8-10H2,1-7H3. The van der Waals surface area contributed by atoms with E-state index in [0.717, 1.165) is 6.42 Å². The topological polar surface area (TPSA) is 35.5 Å². The van der Waals surface area contributed by atoms with E-state index in [1.807, 2.05) is 41.5 Å². The molecule has 1 unspecified atom stereocenters. The van der Waals surface area contributed by atoms with Crippen molar-refractivity contribution in [1.82, 2.24) is 0 Å². The minimum Gasteiger partial charge on any atom is -0.379 e. The van der Waals surface area contributed by atoms with E-state index < -0.39 is 0 Å². The van der Waals surface area contributed by atoms with E-state index in [1.54, 1.807) is 7.11 Å². The SMILES string of the molecule is CCOC(C(=O)CCC(C)(C)OC)C(C)(C)C. The van der Waals surface area contributed by atoms with Crippen molar-refractivity contribution in [3.8, 4) is 0 Å². The lowest BCUT2D eigenvalue weighted by Crippen LogP contribution is -2.38. The number of hydrogen-bond acceptors (Lipinski definition) is 3. The van der Waals surface area contributed by atoms with Gasteiger partial charge in [-0.25, -0.2) is 0 Å². The van der Waals surface area contributed by atoms with Gasteiger partial charge in [0.15, 0.2) is 5.78 Å². The van der Waals surface area contributed by atoms with E-state index in [4.69, 9.17) is 9.47 Å². The van der Waals surface area contributed by atoms with Crippen molar-refractivity contribution in [2.45, 2.75) is 66.1 Å². The number of Topliss-reactive ketones (excluding diaryl/α,β-unsaturated/α-hetero) is 1. The molecule has 0 fully saturated rings. The first-order valence-electron chi connectivity index (χ1n) is 6.33. The van der Waals surface area contributed by atoms with Crippen LogP contribution in [0.25, 0.3) is 0 Å². The van der Waals surface area contributed by atoms with Crippen LogP contribution in [-0.2, 0) is 14.3 Å². The van der Waals surface area contributed by atoms with Gasteiger partial charge in [0.25, 0.3) is 0 Å². The Kier molecular flexibility index (Phi) is 6.35. The summed E-state index contributed by atoms with van der Waals surface area (Å²) in [5.41, 5.74) is -0.394. The average molecular weight is 244 g/mol. The lowest BCUT2D eigenvalue weighted by Gasteiger charge is -2.30. The molecule has 0 spiro atoms. The summed E-state index contributed by atoms with van der Waals surface area (Å²) in [4.78, 5) is 12.2. The fourth-order valence-electron chi connectivity index (χ4n) is 1.65. The number of ketones is 1. The highest BCUT2D eigenvalue weighted by atomic mass is 16.5. The van der Waals surface area contributed by atoms with E-state index in [9.17, 15) is 4.79 Å². The Morgan fingerprint density at radius 1 is 1.18 bits per heavy atom. The maximum absolute atomic E-state index is 12.2. The van der Waals surface area contributed by atoms with Gasteiger partial charge >= 0.3 is 0 Å². The highest BCUT2D eigenvalue weighted by molar-refractivity contribution is 5.83. The molecule has 3 nitrogen and oxygen atoms in total. The molecule has 0 amide bonds. The average Bonchev–Trinajstić information content (AvgIpc) is 2.21. The Morgan fingerprint density at radius 2 is 1.71 bits per heavy atom. The van der Waals surface area contributed by atoms with Crippen LogP contribution in [-0.4, -0.2) is 31.2 Å². The second-order valence-corrected chi connectivity index (χ2v) is 6.13. The van der Waals surface area contributed by atoms with E-state index >= 15 is 0 Å².